The number of nitrogens with zero attached hydrogens (tertiary/aromatic N) is 1. The Morgan fingerprint density at radius 2 is 1.85 bits per heavy atom. The topological polar surface area (TPSA) is 89.4 Å². The highest BCUT2D eigenvalue weighted by Gasteiger charge is 2.22. The molecule has 9 heteroatoms. The van der Waals surface area contributed by atoms with E-state index >= 15 is 0 Å². The number of pyridine rings is 1. The molecule has 0 saturated heterocycles. The number of hydrogen-bond donors (Lipinski definition) is 2. The first-order valence-electron chi connectivity index (χ1n) is 11.0. The zero-order chi connectivity index (χ0) is 24.5. The van der Waals surface area contributed by atoms with Crippen LogP contribution in [0.4, 0.5) is 4.39 Å². The fraction of sp³-hybridized carbons (Fsp3) is 0.320. The Bertz CT molecular complexity index is 1180. The lowest BCUT2D eigenvalue weighted by Crippen LogP contribution is -2.37. The third-order valence-electron chi connectivity index (χ3n) is 5.36. The summed E-state index contributed by atoms with van der Waals surface area (Å²) >= 11 is 1.52. The van der Waals surface area contributed by atoms with E-state index in [-0.39, 0.29) is 36.0 Å². The molecular formula is C25H28FN3O4S. The Morgan fingerprint density at radius 3 is 2.50 bits per heavy atom. The number of ether oxygens (including phenoxy) is 1. The van der Waals surface area contributed by atoms with Gasteiger partial charge in [0.1, 0.15) is 16.9 Å². The molecule has 2 N–H and O–H groups in total. The lowest BCUT2D eigenvalue weighted by Gasteiger charge is -2.17. The van der Waals surface area contributed by atoms with Gasteiger partial charge in [0.05, 0.1) is 12.6 Å². The lowest BCUT2D eigenvalue weighted by molar-refractivity contribution is 0.0934. The van der Waals surface area contributed by atoms with Crippen molar-refractivity contribution in [2.75, 3.05) is 20.3 Å². The van der Waals surface area contributed by atoms with Crippen LogP contribution in [0, 0.1) is 5.82 Å². The minimum atomic E-state index is -0.657. The number of hydrogen-bond acceptors (Lipinski definition) is 5. The van der Waals surface area contributed by atoms with E-state index in [0.717, 1.165) is 4.88 Å². The van der Waals surface area contributed by atoms with Crippen LogP contribution >= 0.6 is 11.3 Å². The van der Waals surface area contributed by atoms with Crippen molar-refractivity contribution in [2.24, 2.45) is 0 Å². The zero-order valence-electron chi connectivity index (χ0n) is 19.2. The second kappa shape index (κ2) is 12.2. The second-order valence-electron chi connectivity index (χ2n) is 7.69. The normalized spacial score (nSPS) is 11.7. The minimum absolute atomic E-state index is 0.118. The molecule has 1 unspecified atom stereocenters. The van der Waals surface area contributed by atoms with Crippen molar-refractivity contribution < 1.29 is 18.7 Å². The summed E-state index contributed by atoms with van der Waals surface area (Å²) in [4.78, 5) is 40.0. The van der Waals surface area contributed by atoms with E-state index in [1.165, 1.54) is 29.8 Å². The van der Waals surface area contributed by atoms with Crippen molar-refractivity contribution in [2.45, 2.75) is 32.4 Å². The van der Waals surface area contributed by atoms with Crippen molar-refractivity contribution in [1.29, 1.82) is 0 Å². The van der Waals surface area contributed by atoms with E-state index in [1.54, 1.807) is 29.9 Å². The summed E-state index contributed by atoms with van der Waals surface area (Å²) in [5, 5.41) is 7.48. The van der Waals surface area contributed by atoms with Gasteiger partial charge in [-0.1, -0.05) is 31.2 Å². The van der Waals surface area contributed by atoms with Crippen LogP contribution in [0.25, 0.3) is 0 Å². The minimum Gasteiger partial charge on any atom is -0.383 e. The summed E-state index contributed by atoms with van der Waals surface area (Å²) in [5.74, 6) is -1.52. The summed E-state index contributed by atoms with van der Waals surface area (Å²) in [6.45, 7) is 2.78. The van der Waals surface area contributed by atoms with Gasteiger partial charge in [-0.3, -0.25) is 14.4 Å². The van der Waals surface area contributed by atoms with Crippen molar-refractivity contribution in [1.82, 2.24) is 15.2 Å². The molecular weight excluding hydrogens is 457 g/mol. The number of methoxy groups -OCH3 is 1. The fourth-order valence-electron chi connectivity index (χ4n) is 3.49. The first-order chi connectivity index (χ1) is 16.4. The first-order valence-corrected chi connectivity index (χ1v) is 11.9. The molecule has 0 spiro atoms. The van der Waals surface area contributed by atoms with Crippen LogP contribution in [0.1, 0.15) is 50.5 Å². The number of carbonyl (C=O) groups excluding carboxylic acids is 2. The molecule has 180 valence electrons. The number of nitrogens with one attached hydrogen (secondary N) is 2. The SMILES string of the molecule is CCC(NC(=O)c1cn(CCOC)cc(C(=O)NCCc2ccccc2F)c1=O)c1cccs1. The van der Waals surface area contributed by atoms with E-state index in [4.69, 9.17) is 4.74 Å². The maximum absolute atomic E-state index is 13.8. The standard InChI is InChI=1S/C25H28FN3O4S/c1-3-21(22-9-6-14-34-22)28-25(32)19-16-29(12-13-33-2)15-18(23(19)30)24(31)27-11-10-17-7-4-5-8-20(17)26/h4-9,14-16,21H,3,10-13H2,1-2H3,(H,27,31)(H,28,32). The van der Waals surface area contributed by atoms with Gasteiger partial charge in [0.25, 0.3) is 11.8 Å². The van der Waals surface area contributed by atoms with Gasteiger partial charge in [0, 0.05) is 37.5 Å². The molecule has 1 atom stereocenters. The Hall–Kier alpha value is -3.30. The van der Waals surface area contributed by atoms with Crippen molar-refractivity contribution in [3.63, 3.8) is 0 Å². The molecule has 3 rings (SSSR count). The van der Waals surface area contributed by atoms with E-state index in [1.807, 2.05) is 24.4 Å². The van der Waals surface area contributed by atoms with Crippen LogP contribution in [0.2, 0.25) is 0 Å². The van der Waals surface area contributed by atoms with Gasteiger partial charge in [0.2, 0.25) is 5.43 Å². The average Bonchev–Trinajstić information content (AvgIpc) is 3.37. The quantitative estimate of drug-likeness (QED) is 0.435. The van der Waals surface area contributed by atoms with Crippen LogP contribution in [-0.4, -0.2) is 36.6 Å². The molecule has 0 bridgehead atoms. The number of halogens is 1. The van der Waals surface area contributed by atoms with Crippen LogP contribution in [-0.2, 0) is 17.7 Å². The third kappa shape index (κ3) is 6.39. The molecule has 2 heterocycles. The van der Waals surface area contributed by atoms with Crippen LogP contribution in [0.5, 0.6) is 0 Å². The van der Waals surface area contributed by atoms with Crippen LogP contribution < -0.4 is 16.1 Å². The summed E-state index contributed by atoms with van der Waals surface area (Å²) in [6.07, 6.45) is 3.77. The van der Waals surface area contributed by atoms with E-state index in [2.05, 4.69) is 10.6 Å². The highest BCUT2D eigenvalue weighted by Crippen LogP contribution is 2.22. The zero-order valence-corrected chi connectivity index (χ0v) is 20.0. The number of thiophene rings is 1. The third-order valence-corrected chi connectivity index (χ3v) is 6.35. The van der Waals surface area contributed by atoms with E-state index < -0.39 is 17.2 Å². The molecule has 1 aromatic carbocycles. The van der Waals surface area contributed by atoms with Crippen molar-refractivity contribution in [3.8, 4) is 0 Å². The molecule has 34 heavy (non-hydrogen) atoms. The van der Waals surface area contributed by atoms with E-state index in [9.17, 15) is 18.8 Å². The van der Waals surface area contributed by atoms with Gasteiger partial charge >= 0.3 is 0 Å². The van der Waals surface area contributed by atoms with Gasteiger partial charge in [0.15, 0.2) is 0 Å². The number of carbonyl (C=O) groups is 2. The Labute approximate surface area is 201 Å². The molecule has 0 aliphatic heterocycles. The van der Waals surface area contributed by atoms with Crippen molar-refractivity contribution in [3.05, 3.63) is 91.8 Å². The fourth-order valence-corrected chi connectivity index (χ4v) is 4.35. The predicted molar refractivity (Wildman–Crippen MR) is 130 cm³/mol. The molecule has 0 radical (unpaired) electrons. The highest BCUT2D eigenvalue weighted by molar-refractivity contribution is 7.10. The van der Waals surface area contributed by atoms with Crippen molar-refractivity contribution >= 4 is 23.2 Å². The molecule has 0 fully saturated rings. The maximum Gasteiger partial charge on any atom is 0.257 e. The Balaban J connectivity index is 1.81. The van der Waals surface area contributed by atoms with E-state index in [0.29, 0.717) is 25.1 Å². The summed E-state index contributed by atoms with van der Waals surface area (Å²) in [6, 6.07) is 9.90. The van der Waals surface area contributed by atoms with Crippen LogP contribution in [0.3, 0.4) is 0 Å². The first kappa shape index (κ1) is 25.3. The second-order valence-corrected chi connectivity index (χ2v) is 8.67. The summed E-state index contributed by atoms with van der Waals surface area (Å²) < 4.78 is 20.5. The van der Waals surface area contributed by atoms with Crippen LogP contribution in [0.15, 0.2) is 59.0 Å². The van der Waals surface area contributed by atoms with Gasteiger partial charge in [-0.15, -0.1) is 11.3 Å². The average molecular weight is 486 g/mol. The molecule has 3 aromatic rings. The van der Waals surface area contributed by atoms with Gasteiger partial charge in [-0.2, -0.15) is 0 Å². The number of rotatable bonds is 11. The largest absolute Gasteiger partial charge is 0.383 e. The number of amides is 2. The highest BCUT2D eigenvalue weighted by atomic mass is 32.1. The molecule has 0 saturated carbocycles. The van der Waals surface area contributed by atoms with Gasteiger partial charge in [-0.25, -0.2) is 4.39 Å². The molecule has 2 aromatic heterocycles. The molecule has 0 aliphatic carbocycles. The number of aromatic nitrogens is 1. The summed E-state index contributed by atoms with van der Waals surface area (Å²) in [7, 11) is 1.54. The smallest absolute Gasteiger partial charge is 0.257 e. The monoisotopic (exact) mass is 485 g/mol. The molecule has 7 nitrogen and oxygen atoms in total. The Kier molecular flexibility index (Phi) is 9.12. The Morgan fingerprint density at radius 1 is 1.12 bits per heavy atom. The van der Waals surface area contributed by atoms with Gasteiger partial charge in [-0.05, 0) is 35.9 Å². The lowest BCUT2D eigenvalue weighted by atomic mass is 10.1. The molecule has 0 aliphatic rings. The van der Waals surface area contributed by atoms with Gasteiger partial charge < -0.3 is 19.9 Å². The maximum atomic E-state index is 13.8. The number of benzene rings is 1. The summed E-state index contributed by atoms with van der Waals surface area (Å²) in [5.41, 5.74) is -0.461. The predicted octanol–water partition coefficient (Wildman–Crippen LogP) is 3.55. The molecule has 2 amide bonds.